The molecule has 0 amide bonds. The fourth-order valence-corrected chi connectivity index (χ4v) is 10.4. The summed E-state index contributed by atoms with van der Waals surface area (Å²) in [6.07, 6.45) is 4.43. The molecule has 312 valence electrons. The first-order chi connectivity index (χ1) is 33.2. The highest BCUT2D eigenvalue weighted by Crippen LogP contribution is 2.46. The predicted molar refractivity (Wildman–Crippen MR) is 279 cm³/mol. The summed E-state index contributed by atoms with van der Waals surface area (Å²) < 4.78 is 8.83. The van der Waals surface area contributed by atoms with Crippen LogP contribution in [0.15, 0.2) is 223 Å². The van der Waals surface area contributed by atoms with E-state index in [9.17, 15) is 0 Å². The zero-order valence-electron chi connectivity index (χ0n) is 36.1. The van der Waals surface area contributed by atoms with Crippen molar-refractivity contribution in [3.8, 4) is 39.2 Å². The van der Waals surface area contributed by atoms with Crippen molar-refractivity contribution < 1.29 is 4.42 Å². The van der Waals surface area contributed by atoms with E-state index >= 15 is 0 Å². The SMILES string of the molecule is C1=Cc2cc3oc4ccccc4c3cc2N(c2nc(-c3ccc(-c4cccc5ccccc45)cc3)c3ccccc3n2)c2ccc(-c3ccc4c(c3)c3ccccc3n4-c3ccccc3)cc21. The third-order valence-electron chi connectivity index (χ3n) is 13.5. The molecule has 0 atom stereocenters. The molecule has 0 radical (unpaired) electrons. The van der Waals surface area contributed by atoms with Crippen LogP contribution in [0, 0.1) is 0 Å². The van der Waals surface area contributed by atoms with Gasteiger partial charge >= 0.3 is 0 Å². The highest BCUT2D eigenvalue weighted by Gasteiger charge is 2.26. The fourth-order valence-electron chi connectivity index (χ4n) is 10.4. The molecule has 14 rings (SSSR count). The molecule has 0 N–H and O–H groups in total. The molecule has 0 saturated heterocycles. The van der Waals surface area contributed by atoms with Crippen molar-refractivity contribution in [3.05, 3.63) is 230 Å². The lowest BCUT2D eigenvalue weighted by Gasteiger charge is -2.26. The zero-order valence-corrected chi connectivity index (χ0v) is 36.1. The standard InChI is InChI=1S/C62H38N4O/c1-2-15-46(16-3-1)65-56-23-10-7-18-49(56)52-36-43(32-34-57(52)65)42-31-33-55-44(35-42)29-30-45-37-60-53(50-19-8-11-24-59(50)67-60)38-58(45)66(55)62-63-54-22-9-6-20-51(54)61(64-62)41-27-25-40(26-28-41)48-21-12-14-39-13-4-5-17-47(39)48/h1-38H. The van der Waals surface area contributed by atoms with Crippen molar-refractivity contribution in [1.29, 1.82) is 0 Å². The molecule has 67 heavy (non-hydrogen) atoms. The van der Waals surface area contributed by atoms with Crippen LogP contribution < -0.4 is 4.90 Å². The molecule has 4 heterocycles. The van der Waals surface area contributed by atoms with Crippen molar-refractivity contribution in [3.63, 3.8) is 0 Å². The average Bonchev–Trinajstić information content (AvgIpc) is 3.87. The molecule has 0 spiro atoms. The molecule has 0 fully saturated rings. The quantitative estimate of drug-likeness (QED) is 0.173. The molecule has 5 nitrogen and oxygen atoms in total. The normalized spacial score (nSPS) is 12.4. The van der Waals surface area contributed by atoms with Gasteiger partial charge < -0.3 is 8.98 Å². The molecule has 0 aliphatic carbocycles. The van der Waals surface area contributed by atoms with Gasteiger partial charge in [-0.2, -0.15) is 0 Å². The molecular weight excluding hydrogens is 817 g/mol. The van der Waals surface area contributed by atoms with Gasteiger partial charge in [0.25, 0.3) is 0 Å². The van der Waals surface area contributed by atoms with Crippen molar-refractivity contribution in [2.75, 3.05) is 4.90 Å². The topological polar surface area (TPSA) is 47.1 Å². The smallest absolute Gasteiger partial charge is 0.235 e. The van der Waals surface area contributed by atoms with Gasteiger partial charge in [0.05, 0.1) is 33.6 Å². The number of hydrogen-bond acceptors (Lipinski definition) is 4. The van der Waals surface area contributed by atoms with Crippen LogP contribution in [0.2, 0.25) is 0 Å². The Labute approximate surface area is 385 Å². The molecule has 5 heteroatoms. The minimum absolute atomic E-state index is 0.591. The first kappa shape index (κ1) is 37.3. The number of hydrogen-bond donors (Lipinski definition) is 0. The van der Waals surface area contributed by atoms with Gasteiger partial charge in [0.15, 0.2) is 0 Å². The number of anilines is 3. The lowest BCUT2D eigenvalue weighted by Crippen LogP contribution is -2.15. The maximum Gasteiger partial charge on any atom is 0.235 e. The Morgan fingerprint density at radius 2 is 1.03 bits per heavy atom. The van der Waals surface area contributed by atoms with Crippen LogP contribution in [0.5, 0.6) is 0 Å². The third-order valence-corrected chi connectivity index (χ3v) is 13.5. The summed E-state index contributed by atoms with van der Waals surface area (Å²) in [6, 6.07) is 77.8. The van der Waals surface area contributed by atoms with E-state index in [1.54, 1.807) is 0 Å². The molecule has 1 aliphatic heterocycles. The fraction of sp³-hybridized carbons (Fsp3) is 0. The first-order valence-electron chi connectivity index (χ1n) is 22.7. The zero-order chi connectivity index (χ0) is 44.0. The summed E-state index contributed by atoms with van der Waals surface area (Å²) in [5.41, 5.74) is 16.6. The second-order valence-electron chi connectivity index (χ2n) is 17.4. The molecule has 0 unspecified atom stereocenters. The molecule has 0 saturated carbocycles. The molecular formula is C62H38N4O. The van der Waals surface area contributed by atoms with Gasteiger partial charge in [0.2, 0.25) is 5.95 Å². The van der Waals surface area contributed by atoms with Gasteiger partial charge in [-0.3, -0.25) is 4.90 Å². The Hall–Kier alpha value is -9.06. The van der Waals surface area contributed by atoms with E-state index in [1.807, 2.05) is 12.1 Å². The summed E-state index contributed by atoms with van der Waals surface area (Å²) >= 11 is 0. The van der Waals surface area contributed by atoms with Crippen molar-refractivity contribution in [1.82, 2.24) is 14.5 Å². The Morgan fingerprint density at radius 3 is 1.91 bits per heavy atom. The molecule has 1 aliphatic rings. The van der Waals surface area contributed by atoms with Crippen LogP contribution in [-0.2, 0) is 0 Å². The Kier molecular flexibility index (Phi) is 8.21. The Balaban J connectivity index is 0.948. The van der Waals surface area contributed by atoms with Crippen LogP contribution in [0.1, 0.15) is 11.1 Å². The Bertz CT molecular complexity index is 4160. The van der Waals surface area contributed by atoms with E-state index < -0.39 is 0 Å². The average molecular weight is 855 g/mol. The van der Waals surface area contributed by atoms with Gasteiger partial charge in [-0.05, 0) is 105 Å². The number of para-hydroxylation sites is 4. The second kappa shape index (κ2) is 14.7. The van der Waals surface area contributed by atoms with Crippen LogP contribution >= 0.6 is 0 Å². The van der Waals surface area contributed by atoms with Crippen LogP contribution in [0.3, 0.4) is 0 Å². The van der Waals surface area contributed by atoms with E-state index in [0.717, 1.165) is 89.0 Å². The first-order valence-corrected chi connectivity index (χ1v) is 22.7. The molecule has 10 aromatic carbocycles. The summed E-state index contributed by atoms with van der Waals surface area (Å²) in [4.78, 5) is 13.2. The number of nitrogens with zero attached hydrogens (tertiary/aromatic N) is 4. The minimum atomic E-state index is 0.591. The largest absolute Gasteiger partial charge is 0.456 e. The monoisotopic (exact) mass is 854 g/mol. The molecule has 3 aromatic heterocycles. The Morgan fingerprint density at radius 1 is 0.373 bits per heavy atom. The van der Waals surface area contributed by atoms with Crippen LogP contribution in [0.4, 0.5) is 17.3 Å². The van der Waals surface area contributed by atoms with E-state index in [2.05, 4.69) is 228 Å². The summed E-state index contributed by atoms with van der Waals surface area (Å²) in [5.74, 6) is 0.591. The molecule has 0 bridgehead atoms. The van der Waals surface area contributed by atoms with E-state index in [-0.39, 0.29) is 0 Å². The van der Waals surface area contributed by atoms with Gasteiger partial charge in [-0.25, -0.2) is 9.97 Å². The summed E-state index contributed by atoms with van der Waals surface area (Å²) in [5, 5.41) is 8.01. The van der Waals surface area contributed by atoms with Crippen molar-refractivity contribution >= 4 is 94.9 Å². The summed E-state index contributed by atoms with van der Waals surface area (Å²) in [6.45, 7) is 0. The lowest BCUT2D eigenvalue weighted by atomic mass is 9.96. The van der Waals surface area contributed by atoms with E-state index in [0.29, 0.717) is 5.95 Å². The number of fused-ring (bicyclic) bond motifs is 10. The maximum atomic E-state index is 6.46. The van der Waals surface area contributed by atoms with Gasteiger partial charge in [-0.15, -0.1) is 0 Å². The second-order valence-corrected chi connectivity index (χ2v) is 17.4. The third kappa shape index (κ3) is 5.95. The van der Waals surface area contributed by atoms with Crippen molar-refractivity contribution in [2.24, 2.45) is 0 Å². The van der Waals surface area contributed by atoms with Gasteiger partial charge in [-0.1, -0.05) is 164 Å². The minimum Gasteiger partial charge on any atom is -0.456 e. The highest BCUT2D eigenvalue weighted by atomic mass is 16.3. The highest BCUT2D eigenvalue weighted by molar-refractivity contribution is 6.12. The summed E-state index contributed by atoms with van der Waals surface area (Å²) in [7, 11) is 0. The predicted octanol–water partition coefficient (Wildman–Crippen LogP) is 16.7. The van der Waals surface area contributed by atoms with Crippen molar-refractivity contribution in [2.45, 2.75) is 0 Å². The number of benzene rings is 10. The maximum absolute atomic E-state index is 6.46. The molecule has 13 aromatic rings. The van der Waals surface area contributed by atoms with E-state index in [1.165, 1.54) is 38.1 Å². The van der Waals surface area contributed by atoms with Crippen LogP contribution in [-0.4, -0.2) is 14.5 Å². The number of aromatic nitrogens is 3. The lowest BCUT2D eigenvalue weighted by molar-refractivity contribution is 0.669. The number of rotatable bonds is 5. The van der Waals surface area contributed by atoms with E-state index in [4.69, 9.17) is 14.4 Å². The van der Waals surface area contributed by atoms with Gasteiger partial charge in [0, 0.05) is 43.7 Å². The van der Waals surface area contributed by atoms with Gasteiger partial charge in [0.1, 0.15) is 11.2 Å². The van der Waals surface area contributed by atoms with Crippen LogP contribution in [0.25, 0.3) is 117 Å². The number of furan rings is 1.